The van der Waals surface area contributed by atoms with Crippen molar-refractivity contribution in [1.29, 1.82) is 0 Å². The lowest BCUT2D eigenvalue weighted by atomic mass is 10.1. The minimum Gasteiger partial charge on any atom is -0.480 e. The van der Waals surface area contributed by atoms with Gasteiger partial charge in [0.2, 0.25) is 0 Å². The zero-order chi connectivity index (χ0) is 19.3. The van der Waals surface area contributed by atoms with E-state index in [1.807, 2.05) is 20.8 Å². The summed E-state index contributed by atoms with van der Waals surface area (Å²) in [5, 5.41) is 14.6. The van der Waals surface area contributed by atoms with E-state index >= 15 is 0 Å². The highest BCUT2D eigenvalue weighted by Gasteiger charge is 2.24. The van der Waals surface area contributed by atoms with E-state index in [2.05, 4.69) is 10.6 Å². The van der Waals surface area contributed by atoms with Crippen molar-refractivity contribution in [2.75, 3.05) is 6.61 Å². The number of carbonyl (C=O) groups excluding carboxylic acids is 2. The Hall–Kier alpha value is -2.41. The number of hydrogen-bond acceptors (Lipinski definition) is 4. The van der Waals surface area contributed by atoms with Crippen molar-refractivity contribution >= 4 is 17.8 Å². The lowest BCUT2D eigenvalue weighted by Crippen LogP contribution is -2.42. The van der Waals surface area contributed by atoms with Crippen molar-refractivity contribution in [3.05, 3.63) is 35.4 Å². The second-order valence-corrected chi connectivity index (χ2v) is 7.44. The summed E-state index contributed by atoms with van der Waals surface area (Å²) in [5.41, 5.74) is 0.405. The molecule has 0 aromatic heterocycles. The number of carboxylic acids is 1. The molecule has 1 aromatic carbocycles. The van der Waals surface area contributed by atoms with Crippen LogP contribution in [0.15, 0.2) is 24.3 Å². The highest BCUT2D eigenvalue weighted by atomic mass is 16.5. The molecule has 1 aromatic rings. The van der Waals surface area contributed by atoms with Crippen LogP contribution in [0.5, 0.6) is 0 Å². The summed E-state index contributed by atoms with van der Waals surface area (Å²) in [6.45, 7) is 5.86. The van der Waals surface area contributed by atoms with Crippen LogP contribution in [0.1, 0.15) is 60.7 Å². The Kier molecular flexibility index (Phi) is 6.37. The molecule has 0 bridgehead atoms. The summed E-state index contributed by atoms with van der Waals surface area (Å²) in [4.78, 5) is 35.6. The number of aliphatic carboxylic acids is 1. The van der Waals surface area contributed by atoms with Crippen LogP contribution in [0, 0.1) is 0 Å². The third-order valence-electron chi connectivity index (χ3n) is 3.87. The second-order valence-electron chi connectivity index (χ2n) is 7.44. The minimum atomic E-state index is -1.11. The van der Waals surface area contributed by atoms with Crippen LogP contribution in [0.25, 0.3) is 0 Å². The van der Waals surface area contributed by atoms with Gasteiger partial charge in [-0.15, -0.1) is 0 Å². The third-order valence-corrected chi connectivity index (χ3v) is 3.87. The van der Waals surface area contributed by atoms with E-state index in [0.717, 1.165) is 12.8 Å². The molecule has 1 saturated carbocycles. The van der Waals surface area contributed by atoms with Crippen molar-refractivity contribution in [3.63, 3.8) is 0 Å². The van der Waals surface area contributed by atoms with E-state index in [0.29, 0.717) is 11.1 Å². The van der Waals surface area contributed by atoms with Gasteiger partial charge in [0.1, 0.15) is 6.04 Å². The Labute approximate surface area is 153 Å². The predicted molar refractivity (Wildman–Crippen MR) is 96.1 cm³/mol. The molecule has 2 amide bonds. The second kappa shape index (κ2) is 8.31. The molecule has 0 aliphatic heterocycles. The fraction of sp³-hybridized carbons (Fsp3) is 0.526. The Balaban J connectivity index is 1.91. The van der Waals surface area contributed by atoms with Gasteiger partial charge in [-0.1, -0.05) is 0 Å². The fourth-order valence-electron chi connectivity index (χ4n) is 2.25. The molecule has 7 nitrogen and oxygen atoms in total. The molecule has 142 valence electrons. The summed E-state index contributed by atoms with van der Waals surface area (Å²) in [6, 6.07) is 5.37. The van der Waals surface area contributed by atoms with E-state index in [9.17, 15) is 19.5 Å². The highest BCUT2D eigenvalue weighted by molar-refractivity contribution is 5.99. The zero-order valence-electron chi connectivity index (χ0n) is 15.4. The maximum Gasteiger partial charge on any atom is 0.326 e. The van der Waals surface area contributed by atoms with Crippen LogP contribution in [0.4, 0.5) is 0 Å². The summed E-state index contributed by atoms with van der Waals surface area (Å²) in [5.74, 6) is -1.78. The summed E-state index contributed by atoms with van der Waals surface area (Å²) < 4.78 is 5.52. The molecule has 0 saturated heterocycles. The molecule has 26 heavy (non-hydrogen) atoms. The monoisotopic (exact) mass is 362 g/mol. The van der Waals surface area contributed by atoms with Gasteiger partial charge in [0, 0.05) is 30.2 Å². The Morgan fingerprint density at radius 3 is 2.12 bits per heavy atom. The molecule has 0 radical (unpaired) electrons. The van der Waals surface area contributed by atoms with Gasteiger partial charge >= 0.3 is 5.97 Å². The maximum absolute atomic E-state index is 12.3. The molecule has 3 N–H and O–H groups in total. The molecule has 1 aliphatic carbocycles. The predicted octanol–water partition coefficient (Wildman–Crippen LogP) is 1.97. The maximum atomic E-state index is 12.3. The first-order valence-corrected chi connectivity index (χ1v) is 8.74. The Morgan fingerprint density at radius 2 is 1.65 bits per heavy atom. The quantitative estimate of drug-likeness (QED) is 0.656. The van der Waals surface area contributed by atoms with E-state index < -0.39 is 17.9 Å². The summed E-state index contributed by atoms with van der Waals surface area (Å²) in [7, 11) is 0. The molecule has 1 fully saturated rings. The molecule has 1 aliphatic rings. The SMILES string of the molecule is CC(C)(C)OCCC(NC(=O)c1ccc(C(=O)NC2CC2)cc1)C(=O)O. The van der Waals surface area contributed by atoms with Gasteiger partial charge < -0.3 is 20.5 Å². The third kappa shape index (κ3) is 6.48. The fourth-order valence-corrected chi connectivity index (χ4v) is 2.25. The Morgan fingerprint density at radius 1 is 1.12 bits per heavy atom. The van der Waals surface area contributed by atoms with Crippen molar-refractivity contribution < 1.29 is 24.2 Å². The van der Waals surface area contributed by atoms with Crippen LogP contribution in [-0.4, -0.2) is 47.2 Å². The van der Waals surface area contributed by atoms with Crippen LogP contribution >= 0.6 is 0 Å². The largest absolute Gasteiger partial charge is 0.480 e. The lowest BCUT2D eigenvalue weighted by molar-refractivity contribution is -0.140. The number of hydrogen-bond donors (Lipinski definition) is 3. The van der Waals surface area contributed by atoms with Crippen molar-refractivity contribution in [3.8, 4) is 0 Å². The average Bonchev–Trinajstić information content (AvgIpc) is 3.36. The van der Waals surface area contributed by atoms with Gasteiger partial charge in [-0.05, 0) is 57.9 Å². The summed E-state index contributed by atoms with van der Waals surface area (Å²) in [6.07, 6.45) is 2.17. The average molecular weight is 362 g/mol. The molecule has 7 heteroatoms. The highest BCUT2D eigenvalue weighted by Crippen LogP contribution is 2.19. The number of rotatable bonds is 8. The van der Waals surface area contributed by atoms with E-state index in [-0.39, 0.29) is 30.6 Å². The standard InChI is InChI=1S/C19H26N2O5/c1-19(2,3)26-11-10-15(18(24)25)21-17(23)13-6-4-12(5-7-13)16(22)20-14-8-9-14/h4-7,14-15H,8-11H2,1-3H3,(H,20,22)(H,21,23)(H,24,25). The van der Waals surface area contributed by atoms with Crippen LogP contribution in [0.2, 0.25) is 0 Å². The normalized spacial score (nSPS) is 15.2. The smallest absolute Gasteiger partial charge is 0.326 e. The number of benzene rings is 1. The number of ether oxygens (including phenoxy) is 1. The molecule has 0 spiro atoms. The van der Waals surface area contributed by atoms with Crippen molar-refractivity contribution in [2.45, 2.75) is 57.7 Å². The van der Waals surface area contributed by atoms with E-state index in [1.54, 1.807) is 12.1 Å². The summed E-state index contributed by atoms with van der Waals surface area (Å²) >= 11 is 0. The van der Waals surface area contributed by atoms with E-state index in [4.69, 9.17) is 4.74 Å². The number of carboxylic acid groups (broad SMARTS) is 1. The van der Waals surface area contributed by atoms with Gasteiger partial charge in [-0.2, -0.15) is 0 Å². The molecule has 0 heterocycles. The first-order valence-electron chi connectivity index (χ1n) is 8.74. The van der Waals surface area contributed by atoms with Crippen LogP contribution in [-0.2, 0) is 9.53 Å². The first-order chi connectivity index (χ1) is 12.2. The number of nitrogens with one attached hydrogen (secondary N) is 2. The minimum absolute atomic E-state index is 0.165. The van der Waals surface area contributed by atoms with E-state index in [1.165, 1.54) is 12.1 Å². The van der Waals surface area contributed by atoms with Gasteiger partial charge in [0.05, 0.1) is 5.60 Å². The molecule has 1 atom stereocenters. The molecular weight excluding hydrogens is 336 g/mol. The Bertz CT molecular complexity index is 660. The zero-order valence-corrected chi connectivity index (χ0v) is 15.4. The van der Waals surface area contributed by atoms with Gasteiger partial charge in [-0.25, -0.2) is 4.79 Å². The molecule has 2 rings (SSSR count). The van der Waals surface area contributed by atoms with Crippen molar-refractivity contribution in [2.24, 2.45) is 0 Å². The number of amides is 2. The van der Waals surface area contributed by atoms with Gasteiger partial charge in [0.25, 0.3) is 11.8 Å². The molecule has 1 unspecified atom stereocenters. The lowest BCUT2D eigenvalue weighted by Gasteiger charge is -2.21. The van der Waals surface area contributed by atoms with Crippen molar-refractivity contribution in [1.82, 2.24) is 10.6 Å². The first kappa shape index (κ1) is 19.9. The topological polar surface area (TPSA) is 105 Å². The van der Waals surface area contributed by atoms with Crippen LogP contribution < -0.4 is 10.6 Å². The van der Waals surface area contributed by atoms with Crippen LogP contribution in [0.3, 0.4) is 0 Å². The number of carbonyl (C=O) groups is 3. The molecular formula is C19H26N2O5. The van der Waals surface area contributed by atoms with Gasteiger partial charge in [0.15, 0.2) is 0 Å². The van der Waals surface area contributed by atoms with Gasteiger partial charge in [-0.3, -0.25) is 9.59 Å².